The molecule has 0 amide bonds. The molecule has 1 aromatic rings. The van der Waals surface area contributed by atoms with Crippen molar-refractivity contribution in [3.8, 4) is 0 Å². The topological polar surface area (TPSA) is 29.4 Å². The smallest absolute Gasteiger partial charge is 0.248 e. The number of benzene rings is 1. The van der Waals surface area contributed by atoms with Crippen molar-refractivity contribution in [1.29, 1.82) is 0 Å². The van der Waals surface area contributed by atoms with Gasteiger partial charge >= 0.3 is 12.4 Å². The van der Waals surface area contributed by atoms with Crippen molar-refractivity contribution < 1.29 is 30.6 Å². The van der Waals surface area contributed by atoms with Crippen LogP contribution in [0.2, 0.25) is 0 Å². The molecule has 0 spiro atoms. The highest BCUT2D eigenvalue weighted by atomic mass is 32.2. The summed E-state index contributed by atoms with van der Waals surface area (Å²) in [7, 11) is -2.17. The van der Waals surface area contributed by atoms with Gasteiger partial charge in [0, 0.05) is 0 Å². The Kier molecular flexibility index (Phi) is 2.76. The van der Waals surface area contributed by atoms with Gasteiger partial charge in [-0.25, -0.2) is 9.20 Å². The number of halogens is 6. The van der Waals surface area contributed by atoms with Gasteiger partial charge in [-0.1, -0.05) is 0 Å². The lowest BCUT2D eigenvalue weighted by molar-refractivity contribution is -0.144. The van der Waals surface area contributed by atoms with E-state index in [0.29, 0.717) is 11.6 Å². The number of hydrogen-bond donors (Lipinski definition) is 0. The summed E-state index contributed by atoms with van der Waals surface area (Å²) in [5.74, 6) is 0. The van der Waals surface area contributed by atoms with E-state index in [2.05, 4.69) is 4.99 Å². The SMILES string of the molecule is O=S1C=Nc2cc(C(F)(F)F)cc(C(F)(F)F)c21. The largest absolute Gasteiger partial charge is 0.417 e. The maximum atomic E-state index is 12.6. The Hall–Kier alpha value is -1.38. The first-order chi connectivity index (χ1) is 8.10. The van der Waals surface area contributed by atoms with Gasteiger partial charge in [0.2, 0.25) is 0 Å². The molecule has 98 valence electrons. The first kappa shape index (κ1) is 13.1. The van der Waals surface area contributed by atoms with E-state index in [-0.39, 0.29) is 6.07 Å². The lowest BCUT2D eigenvalue weighted by atomic mass is 10.1. The van der Waals surface area contributed by atoms with Gasteiger partial charge in [0.25, 0.3) is 0 Å². The molecule has 0 saturated heterocycles. The van der Waals surface area contributed by atoms with Crippen LogP contribution in [0.15, 0.2) is 22.0 Å². The van der Waals surface area contributed by atoms with Crippen LogP contribution in [0.3, 0.4) is 0 Å². The van der Waals surface area contributed by atoms with Crippen LogP contribution >= 0.6 is 0 Å². The highest BCUT2D eigenvalue weighted by Gasteiger charge is 2.41. The van der Waals surface area contributed by atoms with E-state index in [1.54, 1.807) is 0 Å². The second kappa shape index (κ2) is 3.81. The van der Waals surface area contributed by atoms with Crippen LogP contribution in [-0.4, -0.2) is 9.76 Å². The van der Waals surface area contributed by atoms with E-state index >= 15 is 0 Å². The van der Waals surface area contributed by atoms with Crippen molar-refractivity contribution in [2.24, 2.45) is 4.99 Å². The van der Waals surface area contributed by atoms with Crippen LogP contribution in [0.1, 0.15) is 11.1 Å². The van der Waals surface area contributed by atoms with E-state index in [4.69, 9.17) is 0 Å². The third kappa shape index (κ3) is 2.14. The number of fused-ring (bicyclic) bond motifs is 1. The summed E-state index contributed by atoms with van der Waals surface area (Å²) in [4.78, 5) is 2.58. The molecule has 0 radical (unpaired) electrons. The summed E-state index contributed by atoms with van der Waals surface area (Å²) in [6.07, 6.45) is -9.94. The van der Waals surface area contributed by atoms with E-state index in [1.807, 2.05) is 0 Å². The zero-order valence-electron chi connectivity index (χ0n) is 8.26. The minimum atomic E-state index is -5.02. The molecule has 0 bridgehead atoms. The third-order valence-corrected chi connectivity index (χ3v) is 3.32. The molecular formula is C9H3F6NOS. The number of aliphatic imine (C=N–C) groups is 1. The van der Waals surface area contributed by atoms with Gasteiger partial charge in [0.15, 0.2) is 0 Å². The molecule has 0 aromatic heterocycles. The highest BCUT2D eigenvalue weighted by Crippen LogP contribution is 2.44. The summed E-state index contributed by atoms with van der Waals surface area (Å²) in [6, 6.07) is 0.400. The van der Waals surface area contributed by atoms with Crippen molar-refractivity contribution in [1.82, 2.24) is 0 Å². The Morgan fingerprint density at radius 3 is 2.11 bits per heavy atom. The maximum absolute atomic E-state index is 12.6. The molecule has 1 heterocycles. The molecule has 0 N–H and O–H groups in total. The van der Waals surface area contributed by atoms with Crippen molar-refractivity contribution in [3.63, 3.8) is 0 Å². The molecule has 9 heteroatoms. The monoisotopic (exact) mass is 287 g/mol. The summed E-state index contributed by atoms with van der Waals surface area (Å²) in [5, 5.41) is 0. The van der Waals surface area contributed by atoms with Crippen LogP contribution < -0.4 is 0 Å². The van der Waals surface area contributed by atoms with Crippen LogP contribution in [0.25, 0.3) is 0 Å². The molecule has 1 atom stereocenters. The molecule has 0 saturated carbocycles. The Morgan fingerprint density at radius 1 is 1.00 bits per heavy atom. The average Bonchev–Trinajstić information content (AvgIpc) is 2.56. The minimum absolute atomic E-state index is 0.0502. The number of rotatable bonds is 0. The standard InChI is InChI=1S/C9H3F6NOS/c10-8(11,12)4-1-5(9(13,14)15)7-6(2-4)16-3-18(7)17/h1-3H. The summed E-state index contributed by atoms with van der Waals surface area (Å²) >= 11 is 0. The normalized spacial score (nSPS) is 19.1. The van der Waals surface area contributed by atoms with Gasteiger partial charge in [0.05, 0.1) is 38.1 Å². The molecule has 2 nitrogen and oxygen atoms in total. The highest BCUT2D eigenvalue weighted by molar-refractivity contribution is 7.99. The lowest BCUT2D eigenvalue weighted by Gasteiger charge is -2.14. The minimum Gasteiger partial charge on any atom is -0.248 e. The first-order valence-electron chi connectivity index (χ1n) is 4.38. The summed E-state index contributed by atoms with van der Waals surface area (Å²) in [6.45, 7) is 0. The molecular weight excluding hydrogens is 284 g/mol. The zero-order valence-corrected chi connectivity index (χ0v) is 9.08. The predicted octanol–water partition coefficient (Wildman–Crippen LogP) is 3.51. The predicted molar refractivity (Wildman–Crippen MR) is 51.0 cm³/mol. The first-order valence-corrected chi connectivity index (χ1v) is 5.59. The molecule has 1 aromatic carbocycles. The summed E-state index contributed by atoms with van der Waals surface area (Å²) in [5.41, 5.74) is -2.91. The fourth-order valence-electron chi connectivity index (χ4n) is 1.45. The van der Waals surface area contributed by atoms with Crippen LogP contribution in [-0.2, 0) is 23.2 Å². The molecule has 1 unspecified atom stereocenters. The maximum Gasteiger partial charge on any atom is 0.417 e. The lowest BCUT2D eigenvalue weighted by Crippen LogP contribution is -2.13. The van der Waals surface area contributed by atoms with Crippen LogP contribution in [0.5, 0.6) is 0 Å². The Bertz CT molecular complexity index is 559. The number of nitrogens with zero attached hydrogens (tertiary/aromatic N) is 1. The molecule has 1 aliphatic rings. The van der Waals surface area contributed by atoms with Gasteiger partial charge in [-0.05, 0) is 12.1 Å². The van der Waals surface area contributed by atoms with Gasteiger partial charge < -0.3 is 0 Å². The van der Waals surface area contributed by atoms with Crippen molar-refractivity contribution in [3.05, 3.63) is 23.3 Å². The fourth-order valence-corrected chi connectivity index (χ4v) is 2.48. The van der Waals surface area contributed by atoms with E-state index < -0.39 is 44.9 Å². The van der Waals surface area contributed by atoms with E-state index in [0.717, 1.165) is 0 Å². The van der Waals surface area contributed by atoms with Crippen molar-refractivity contribution in [2.75, 3.05) is 0 Å². The number of alkyl halides is 6. The fraction of sp³-hybridized carbons (Fsp3) is 0.222. The quantitative estimate of drug-likeness (QED) is 0.671. The van der Waals surface area contributed by atoms with E-state index in [1.165, 1.54) is 0 Å². The molecule has 18 heavy (non-hydrogen) atoms. The second-order valence-electron chi connectivity index (χ2n) is 3.40. The van der Waals surface area contributed by atoms with Crippen LogP contribution in [0.4, 0.5) is 32.0 Å². The van der Waals surface area contributed by atoms with Crippen LogP contribution in [0, 0.1) is 0 Å². The Labute approximate surface area is 98.8 Å². The summed E-state index contributed by atoms with van der Waals surface area (Å²) < 4.78 is 86.4. The zero-order chi connectivity index (χ0) is 13.7. The second-order valence-corrected chi connectivity index (χ2v) is 4.61. The molecule has 2 rings (SSSR count). The average molecular weight is 287 g/mol. The van der Waals surface area contributed by atoms with Gasteiger partial charge in [0.1, 0.15) is 0 Å². The van der Waals surface area contributed by atoms with Gasteiger partial charge in [-0.15, -0.1) is 0 Å². The molecule has 0 aliphatic carbocycles. The third-order valence-electron chi connectivity index (χ3n) is 2.19. The Morgan fingerprint density at radius 2 is 1.61 bits per heavy atom. The Balaban J connectivity index is 2.74. The van der Waals surface area contributed by atoms with E-state index in [9.17, 15) is 30.6 Å². The number of hydrogen-bond acceptors (Lipinski definition) is 2. The van der Waals surface area contributed by atoms with Gasteiger partial charge in [-0.3, -0.25) is 0 Å². The van der Waals surface area contributed by atoms with Gasteiger partial charge in [-0.2, -0.15) is 26.3 Å². The van der Waals surface area contributed by atoms with Crippen molar-refractivity contribution >= 4 is 22.0 Å². The molecule has 0 fully saturated rings. The molecule has 1 aliphatic heterocycles. The van der Waals surface area contributed by atoms with Crippen molar-refractivity contribution in [2.45, 2.75) is 17.2 Å².